The van der Waals surface area contributed by atoms with Crippen molar-refractivity contribution in [3.63, 3.8) is 0 Å². The van der Waals surface area contributed by atoms with Gasteiger partial charge in [0.25, 0.3) is 0 Å². The summed E-state index contributed by atoms with van der Waals surface area (Å²) in [6.07, 6.45) is 2.45. The third-order valence-corrected chi connectivity index (χ3v) is 4.36. The van der Waals surface area contributed by atoms with Crippen LogP contribution in [0.3, 0.4) is 0 Å². The Labute approximate surface area is 159 Å². The molecule has 2 N–H and O–H groups in total. The van der Waals surface area contributed by atoms with Gasteiger partial charge in [-0.3, -0.25) is 9.78 Å². The highest BCUT2D eigenvalue weighted by Crippen LogP contribution is 2.29. The van der Waals surface area contributed by atoms with Gasteiger partial charge in [0, 0.05) is 18.3 Å². The van der Waals surface area contributed by atoms with E-state index >= 15 is 0 Å². The molecule has 2 aromatic rings. The molecule has 2 rings (SSSR count). The maximum atomic E-state index is 11.2. The number of pyridine rings is 1. The Hall–Kier alpha value is -2.86. The fraction of sp³-hybridized carbons (Fsp3) is 0.333. The number of nitrogens with zero attached hydrogens (tertiary/aromatic N) is 2. The standard InChI is InChI=1S/C21H26N2O4/c1-6-17(23(5)21(3,4)26)20-15(11-10-14(2)22-20)13-27-19-9-7-8-18(25)16(19)12-24/h6-12,25-26H,13H2,1-5H3/b17-6-. The van der Waals surface area contributed by atoms with Gasteiger partial charge in [-0.05, 0) is 45.9 Å². The first-order chi connectivity index (χ1) is 12.7. The van der Waals surface area contributed by atoms with E-state index < -0.39 is 5.72 Å². The molecular formula is C21H26N2O4. The predicted octanol–water partition coefficient (Wildman–Crippen LogP) is 3.51. The van der Waals surface area contributed by atoms with Gasteiger partial charge >= 0.3 is 0 Å². The van der Waals surface area contributed by atoms with Crippen molar-refractivity contribution >= 4 is 12.0 Å². The number of hydrogen-bond donors (Lipinski definition) is 2. The lowest BCUT2D eigenvalue weighted by Crippen LogP contribution is -2.39. The third kappa shape index (κ3) is 4.65. The normalized spacial score (nSPS) is 12.0. The smallest absolute Gasteiger partial charge is 0.157 e. The second-order valence-electron chi connectivity index (χ2n) is 6.78. The Morgan fingerprint density at radius 2 is 2.00 bits per heavy atom. The molecule has 0 unspecified atom stereocenters. The van der Waals surface area contributed by atoms with Gasteiger partial charge in [0.05, 0.1) is 17.0 Å². The first-order valence-electron chi connectivity index (χ1n) is 8.68. The van der Waals surface area contributed by atoms with Crippen LogP contribution in [0, 0.1) is 6.92 Å². The number of aryl methyl sites for hydroxylation is 1. The Morgan fingerprint density at radius 1 is 1.30 bits per heavy atom. The second kappa shape index (κ2) is 8.22. The van der Waals surface area contributed by atoms with Crippen molar-refractivity contribution in [1.29, 1.82) is 0 Å². The second-order valence-corrected chi connectivity index (χ2v) is 6.78. The van der Waals surface area contributed by atoms with Crippen LogP contribution in [-0.2, 0) is 6.61 Å². The van der Waals surface area contributed by atoms with Crippen LogP contribution >= 0.6 is 0 Å². The molecule has 1 aromatic carbocycles. The number of ether oxygens (including phenoxy) is 1. The van der Waals surface area contributed by atoms with Gasteiger partial charge in [-0.1, -0.05) is 18.2 Å². The zero-order valence-electron chi connectivity index (χ0n) is 16.4. The molecule has 0 bridgehead atoms. The molecule has 0 aliphatic heterocycles. The zero-order valence-corrected chi connectivity index (χ0v) is 16.4. The molecule has 0 aliphatic rings. The summed E-state index contributed by atoms with van der Waals surface area (Å²) >= 11 is 0. The maximum absolute atomic E-state index is 11.2. The number of phenolic OH excluding ortho intramolecular Hbond substituents is 1. The highest BCUT2D eigenvalue weighted by atomic mass is 16.5. The SMILES string of the molecule is C/C=C(/c1nc(C)ccc1COc1cccc(O)c1C=O)N(C)C(C)(C)O. The molecule has 6 nitrogen and oxygen atoms in total. The highest BCUT2D eigenvalue weighted by molar-refractivity contribution is 5.83. The Balaban J connectivity index is 2.39. The van der Waals surface area contributed by atoms with Crippen LogP contribution in [0.1, 0.15) is 48.1 Å². The maximum Gasteiger partial charge on any atom is 0.157 e. The number of hydrogen-bond acceptors (Lipinski definition) is 6. The number of aromatic nitrogens is 1. The van der Waals surface area contributed by atoms with E-state index in [2.05, 4.69) is 4.98 Å². The molecule has 1 aromatic heterocycles. The first kappa shape index (κ1) is 20.5. The number of carbonyl (C=O) groups is 1. The quantitative estimate of drug-likeness (QED) is 0.573. The molecule has 0 saturated carbocycles. The minimum absolute atomic E-state index is 0.110. The number of benzene rings is 1. The zero-order chi connectivity index (χ0) is 20.2. The first-order valence-corrected chi connectivity index (χ1v) is 8.68. The molecule has 0 atom stereocenters. The van der Waals surface area contributed by atoms with Gasteiger partial charge in [-0.15, -0.1) is 0 Å². The number of aliphatic hydroxyl groups is 1. The lowest BCUT2D eigenvalue weighted by Gasteiger charge is -2.34. The van der Waals surface area contributed by atoms with E-state index in [1.165, 1.54) is 6.07 Å². The molecule has 27 heavy (non-hydrogen) atoms. The molecule has 1 heterocycles. The van der Waals surface area contributed by atoms with Crippen LogP contribution in [0.25, 0.3) is 5.70 Å². The number of allylic oxidation sites excluding steroid dienone is 1. The summed E-state index contributed by atoms with van der Waals surface area (Å²) in [5, 5.41) is 20.2. The lowest BCUT2D eigenvalue weighted by molar-refractivity contribution is -0.0288. The summed E-state index contributed by atoms with van der Waals surface area (Å²) in [6, 6.07) is 8.47. The topological polar surface area (TPSA) is 82.9 Å². The van der Waals surface area contributed by atoms with Crippen molar-refractivity contribution in [1.82, 2.24) is 9.88 Å². The van der Waals surface area contributed by atoms with Crippen LogP contribution in [-0.4, -0.2) is 39.2 Å². The molecule has 0 spiro atoms. The fourth-order valence-corrected chi connectivity index (χ4v) is 2.64. The van der Waals surface area contributed by atoms with Gasteiger partial charge in [-0.25, -0.2) is 0 Å². The van der Waals surface area contributed by atoms with Gasteiger partial charge < -0.3 is 19.8 Å². The summed E-state index contributed by atoms with van der Waals surface area (Å²) in [4.78, 5) is 17.6. The average molecular weight is 370 g/mol. The molecule has 0 aliphatic carbocycles. The summed E-state index contributed by atoms with van der Waals surface area (Å²) in [5.41, 5.74) is 2.12. The van der Waals surface area contributed by atoms with Crippen molar-refractivity contribution in [2.45, 2.75) is 40.0 Å². The number of carbonyl (C=O) groups excluding carboxylic acids is 1. The predicted molar refractivity (Wildman–Crippen MR) is 105 cm³/mol. The van der Waals surface area contributed by atoms with E-state index in [-0.39, 0.29) is 17.9 Å². The van der Waals surface area contributed by atoms with Gasteiger partial charge in [0.1, 0.15) is 23.8 Å². The largest absolute Gasteiger partial charge is 0.507 e. The van der Waals surface area contributed by atoms with E-state index in [1.54, 1.807) is 37.9 Å². The summed E-state index contributed by atoms with van der Waals surface area (Å²) in [7, 11) is 1.80. The van der Waals surface area contributed by atoms with Crippen LogP contribution in [0.2, 0.25) is 0 Å². The molecule has 0 saturated heterocycles. The Kier molecular flexibility index (Phi) is 6.23. The van der Waals surface area contributed by atoms with Gasteiger partial charge in [0.15, 0.2) is 6.29 Å². The van der Waals surface area contributed by atoms with E-state index in [1.807, 2.05) is 32.1 Å². The highest BCUT2D eigenvalue weighted by Gasteiger charge is 2.24. The number of aromatic hydroxyl groups is 1. The number of phenols is 1. The van der Waals surface area contributed by atoms with Gasteiger partial charge in [-0.2, -0.15) is 0 Å². The van der Waals surface area contributed by atoms with Crippen LogP contribution < -0.4 is 4.74 Å². The number of aldehydes is 1. The number of rotatable bonds is 7. The van der Waals surface area contributed by atoms with E-state index in [4.69, 9.17) is 4.74 Å². The summed E-state index contributed by atoms with van der Waals surface area (Å²) in [6.45, 7) is 7.33. The van der Waals surface area contributed by atoms with E-state index in [9.17, 15) is 15.0 Å². The molecular weight excluding hydrogens is 344 g/mol. The minimum Gasteiger partial charge on any atom is -0.507 e. The Bertz CT molecular complexity index is 854. The van der Waals surface area contributed by atoms with Gasteiger partial charge in [0.2, 0.25) is 0 Å². The van der Waals surface area contributed by atoms with E-state index in [0.29, 0.717) is 17.7 Å². The molecule has 6 heteroatoms. The van der Waals surface area contributed by atoms with Crippen molar-refractivity contribution < 1.29 is 19.7 Å². The van der Waals surface area contributed by atoms with Crippen LogP contribution in [0.5, 0.6) is 11.5 Å². The van der Waals surface area contributed by atoms with Crippen molar-refractivity contribution in [2.75, 3.05) is 7.05 Å². The summed E-state index contributed by atoms with van der Waals surface area (Å²) < 4.78 is 5.80. The lowest BCUT2D eigenvalue weighted by atomic mass is 10.1. The Morgan fingerprint density at radius 3 is 2.59 bits per heavy atom. The molecule has 144 valence electrons. The third-order valence-electron chi connectivity index (χ3n) is 4.36. The molecule has 0 fully saturated rings. The molecule has 0 radical (unpaired) electrons. The van der Waals surface area contributed by atoms with Crippen molar-refractivity contribution in [3.05, 3.63) is 58.9 Å². The van der Waals surface area contributed by atoms with Crippen LogP contribution in [0.15, 0.2) is 36.4 Å². The molecule has 0 amide bonds. The monoisotopic (exact) mass is 370 g/mol. The average Bonchev–Trinajstić information content (AvgIpc) is 2.61. The fourth-order valence-electron chi connectivity index (χ4n) is 2.64. The van der Waals surface area contributed by atoms with Crippen molar-refractivity contribution in [2.24, 2.45) is 0 Å². The summed E-state index contributed by atoms with van der Waals surface area (Å²) in [5.74, 6) is 0.176. The van der Waals surface area contributed by atoms with Crippen molar-refractivity contribution in [3.8, 4) is 11.5 Å². The van der Waals surface area contributed by atoms with Crippen LogP contribution in [0.4, 0.5) is 0 Å². The minimum atomic E-state index is -1.07. The van der Waals surface area contributed by atoms with E-state index in [0.717, 1.165) is 17.0 Å².